The van der Waals surface area contributed by atoms with E-state index in [-0.39, 0.29) is 25.1 Å². The molecule has 3 aromatic carbocycles. The first kappa shape index (κ1) is 23.6. The summed E-state index contributed by atoms with van der Waals surface area (Å²) in [5, 5.41) is 13.5. The van der Waals surface area contributed by atoms with Crippen LogP contribution in [0.2, 0.25) is 0 Å². The SMILES string of the molecule is O=C(CN1CCC(N2C(=O)OCc3cc(F)c(F)cc32)CC1)Nc1ccc2c(c1)-c1ccccc1C2O. The number of benzene rings is 3. The molecule has 37 heavy (non-hydrogen) atoms. The molecule has 190 valence electrons. The van der Waals surface area contributed by atoms with Crippen molar-refractivity contribution in [1.82, 2.24) is 4.90 Å². The van der Waals surface area contributed by atoms with Gasteiger partial charge in [0.25, 0.3) is 0 Å². The summed E-state index contributed by atoms with van der Waals surface area (Å²) in [6.07, 6.45) is -0.113. The van der Waals surface area contributed by atoms with Gasteiger partial charge < -0.3 is 15.2 Å². The van der Waals surface area contributed by atoms with Gasteiger partial charge in [0.15, 0.2) is 11.6 Å². The fraction of sp³-hybridized carbons (Fsp3) is 0.286. The van der Waals surface area contributed by atoms with E-state index < -0.39 is 23.8 Å². The molecule has 2 heterocycles. The van der Waals surface area contributed by atoms with Crippen LogP contribution in [0.3, 0.4) is 0 Å². The summed E-state index contributed by atoms with van der Waals surface area (Å²) in [6, 6.07) is 15.1. The van der Waals surface area contributed by atoms with E-state index in [0.29, 0.717) is 42.9 Å². The number of amides is 2. The van der Waals surface area contributed by atoms with Crippen LogP contribution in [0.5, 0.6) is 0 Å². The van der Waals surface area contributed by atoms with E-state index in [1.807, 2.05) is 41.3 Å². The van der Waals surface area contributed by atoms with E-state index in [4.69, 9.17) is 4.74 Å². The van der Waals surface area contributed by atoms with Gasteiger partial charge >= 0.3 is 6.09 Å². The number of aliphatic hydroxyl groups excluding tert-OH is 1. The van der Waals surface area contributed by atoms with E-state index in [9.17, 15) is 23.5 Å². The minimum absolute atomic E-state index is 0.0892. The van der Waals surface area contributed by atoms with Gasteiger partial charge in [0.05, 0.1) is 12.2 Å². The van der Waals surface area contributed by atoms with Crippen LogP contribution >= 0.6 is 0 Å². The molecule has 9 heteroatoms. The molecule has 0 bridgehead atoms. The predicted molar refractivity (Wildman–Crippen MR) is 133 cm³/mol. The van der Waals surface area contributed by atoms with Crippen LogP contribution in [0, 0.1) is 11.6 Å². The average Bonchev–Trinajstić information content (AvgIpc) is 3.17. The third-order valence-electron chi connectivity index (χ3n) is 7.40. The third-order valence-corrected chi connectivity index (χ3v) is 7.40. The number of hydrogen-bond donors (Lipinski definition) is 2. The Morgan fingerprint density at radius 3 is 2.54 bits per heavy atom. The van der Waals surface area contributed by atoms with Crippen molar-refractivity contribution in [2.24, 2.45) is 0 Å². The maximum atomic E-state index is 13.9. The van der Waals surface area contributed by atoms with Crippen LogP contribution in [-0.4, -0.2) is 47.7 Å². The van der Waals surface area contributed by atoms with Gasteiger partial charge in [0.2, 0.25) is 5.91 Å². The van der Waals surface area contributed by atoms with Gasteiger partial charge in [-0.15, -0.1) is 0 Å². The molecule has 3 aliphatic rings. The molecule has 1 atom stereocenters. The van der Waals surface area contributed by atoms with Crippen molar-refractivity contribution in [2.75, 3.05) is 29.9 Å². The number of likely N-dealkylation sites (tertiary alicyclic amines) is 1. The summed E-state index contributed by atoms with van der Waals surface area (Å²) in [7, 11) is 0. The zero-order valence-electron chi connectivity index (χ0n) is 19.9. The van der Waals surface area contributed by atoms with E-state index in [0.717, 1.165) is 34.4 Å². The molecule has 1 saturated heterocycles. The molecule has 2 aliphatic heterocycles. The molecule has 0 spiro atoms. The quantitative estimate of drug-likeness (QED) is 0.542. The summed E-state index contributed by atoms with van der Waals surface area (Å²) < 4.78 is 32.8. The zero-order valence-corrected chi connectivity index (χ0v) is 19.9. The second-order valence-corrected chi connectivity index (χ2v) is 9.67. The average molecular weight is 506 g/mol. The van der Waals surface area contributed by atoms with Gasteiger partial charge in [-0.05, 0) is 53.3 Å². The Kier molecular flexibility index (Phi) is 5.89. The lowest BCUT2D eigenvalue weighted by Gasteiger charge is -2.40. The molecule has 0 aromatic heterocycles. The van der Waals surface area contributed by atoms with Crippen molar-refractivity contribution in [3.8, 4) is 11.1 Å². The second-order valence-electron chi connectivity index (χ2n) is 9.67. The fourth-order valence-corrected chi connectivity index (χ4v) is 5.56. The monoisotopic (exact) mass is 505 g/mol. The largest absolute Gasteiger partial charge is 0.444 e. The first-order valence-corrected chi connectivity index (χ1v) is 12.3. The molecule has 2 amide bonds. The maximum absolute atomic E-state index is 13.9. The van der Waals surface area contributed by atoms with Crippen LogP contribution in [0.25, 0.3) is 11.1 Å². The van der Waals surface area contributed by atoms with Crippen LogP contribution in [0.1, 0.15) is 35.6 Å². The topological polar surface area (TPSA) is 82.1 Å². The summed E-state index contributed by atoms with van der Waals surface area (Å²) in [4.78, 5) is 28.7. The number of aliphatic hydroxyl groups is 1. The second kappa shape index (κ2) is 9.24. The molecular formula is C28H25F2N3O4. The van der Waals surface area contributed by atoms with Crippen molar-refractivity contribution in [3.63, 3.8) is 0 Å². The number of anilines is 2. The lowest BCUT2D eigenvalue weighted by molar-refractivity contribution is -0.117. The van der Waals surface area contributed by atoms with Gasteiger partial charge in [-0.25, -0.2) is 13.6 Å². The molecule has 1 fully saturated rings. The number of fused-ring (bicyclic) bond motifs is 4. The van der Waals surface area contributed by atoms with Crippen molar-refractivity contribution in [2.45, 2.75) is 31.6 Å². The minimum Gasteiger partial charge on any atom is -0.444 e. The predicted octanol–water partition coefficient (Wildman–Crippen LogP) is 4.59. The molecule has 6 rings (SSSR count). The van der Waals surface area contributed by atoms with Crippen molar-refractivity contribution in [1.29, 1.82) is 0 Å². The molecule has 2 N–H and O–H groups in total. The Bertz CT molecular complexity index is 1400. The fourth-order valence-electron chi connectivity index (χ4n) is 5.56. The highest BCUT2D eigenvalue weighted by atomic mass is 19.2. The number of carbonyl (C=O) groups excluding carboxylic acids is 2. The van der Waals surface area contributed by atoms with E-state index in [2.05, 4.69) is 5.32 Å². The molecule has 1 aliphatic carbocycles. The maximum Gasteiger partial charge on any atom is 0.414 e. The number of nitrogens with zero attached hydrogens (tertiary/aromatic N) is 2. The normalized spacial score (nSPS) is 19.2. The Morgan fingerprint density at radius 2 is 1.73 bits per heavy atom. The highest BCUT2D eigenvalue weighted by Crippen LogP contribution is 2.44. The standard InChI is InChI=1S/C28H25F2N3O4/c29-23-11-16-15-37-28(36)33(25(16)13-24(23)30)18-7-9-32(10-8-18)14-26(34)31-17-5-6-21-22(12-17)19-3-1-2-4-20(19)27(21)35/h1-6,11-13,18,27,35H,7-10,14-15H2,(H,31,34). The third kappa shape index (κ3) is 4.24. The Labute approximate surface area is 212 Å². The first-order valence-electron chi connectivity index (χ1n) is 12.3. The molecule has 3 aromatic rings. The van der Waals surface area contributed by atoms with Crippen LogP contribution < -0.4 is 10.2 Å². The number of carbonyl (C=O) groups is 2. The van der Waals surface area contributed by atoms with Crippen molar-refractivity contribution in [3.05, 3.63) is 82.9 Å². The Morgan fingerprint density at radius 1 is 1.00 bits per heavy atom. The van der Waals surface area contributed by atoms with Gasteiger partial charge in [0.1, 0.15) is 12.7 Å². The Hall–Kier alpha value is -3.82. The van der Waals surface area contributed by atoms with E-state index in [1.165, 1.54) is 4.90 Å². The zero-order chi connectivity index (χ0) is 25.7. The number of halogens is 2. The van der Waals surface area contributed by atoms with Crippen LogP contribution in [-0.2, 0) is 16.1 Å². The van der Waals surface area contributed by atoms with Crippen LogP contribution in [0.4, 0.5) is 25.0 Å². The first-order chi connectivity index (χ1) is 17.9. The minimum atomic E-state index is -1.00. The van der Waals surface area contributed by atoms with Gasteiger partial charge in [-0.3, -0.25) is 14.6 Å². The van der Waals surface area contributed by atoms with Crippen LogP contribution in [0.15, 0.2) is 54.6 Å². The Balaban J connectivity index is 1.09. The number of ether oxygens (including phenoxy) is 1. The molecule has 1 unspecified atom stereocenters. The summed E-state index contributed by atoms with van der Waals surface area (Å²) in [6.45, 7) is 1.22. The van der Waals surface area contributed by atoms with E-state index >= 15 is 0 Å². The van der Waals surface area contributed by atoms with Gasteiger partial charge in [0, 0.05) is 36.4 Å². The van der Waals surface area contributed by atoms with Gasteiger partial charge in [-0.1, -0.05) is 30.3 Å². The summed E-state index contributed by atoms with van der Waals surface area (Å²) in [5.74, 6) is -2.14. The number of nitrogens with one attached hydrogen (secondary N) is 1. The lowest BCUT2D eigenvalue weighted by atomic mass is 10.0. The smallest absolute Gasteiger partial charge is 0.414 e. The lowest BCUT2D eigenvalue weighted by Crippen LogP contribution is -2.50. The van der Waals surface area contributed by atoms with Crippen molar-refractivity contribution >= 4 is 23.4 Å². The molecule has 7 nitrogen and oxygen atoms in total. The number of hydrogen-bond acceptors (Lipinski definition) is 5. The number of rotatable bonds is 4. The summed E-state index contributed by atoms with van der Waals surface area (Å²) in [5.41, 5.74) is 4.98. The summed E-state index contributed by atoms with van der Waals surface area (Å²) >= 11 is 0. The molecular weight excluding hydrogens is 480 g/mol. The van der Waals surface area contributed by atoms with Gasteiger partial charge in [-0.2, -0.15) is 0 Å². The molecule has 0 saturated carbocycles. The van der Waals surface area contributed by atoms with E-state index in [1.54, 1.807) is 6.07 Å². The number of piperidine rings is 1. The van der Waals surface area contributed by atoms with Crippen molar-refractivity contribution < 1.29 is 28.2 Å². The highest BCUT2D eigenvalue weighted by Gasteiger charge is 2.35. The molecule has 0 radical (unpaired) electrons. The number of cyclic esters (lactones) is 1. The highest BCUT2D eigenvalue weighted by molar-refractivity contribution is 5.94.